The molecule has 1 amide bonds. The molecular weight excluding hydrogens is 232 g/mol. The number of likely N-dealkylation sites (N-methyl/N-ethyl adjacent to an activating group) is 1. The first-order valence-electron chi connectivity index (χ1n) is 5.30. The Hall–Kier alpha value is -2.32. The van der Waals surface area contributed by atoms with E-state index in [1.165, 1.54) is 17.0 Å². The van der Waals surface area contributed by atoms with Gasteiger partial charge in [-0.1, -0.05) is 5.92 Å². The van der Waals surface area contributed by atoms with Crippen LogP contribution in [-0.4, -0.2) is 37.1 Å². The highest BCUT2D eigenvalue weighted by atomic mass is 16.4. The number of hydrogen-bond acceptors (Lipinski definition) is 3. The third-order valence-electron chi connectivity index (χ3n) is 2.38. The van der Waals surface area contributed by atoms with Crippen molar-refractivity contribution in [2.75, 3.05) is 25.0 Å². The van der Waals surface area contributed by atoms with E-state index in [2.05, 4.69) is 11.2 Å². The van der Waals surface area contributed by atoms with Crippen molar-refractivity contribution in [3.8, 4) is 12.3 Å². The number of carbonyl (C=O) groups excluding carboxylic acids is 1. The van der Waals surface area contributed by atoms with Crippen molar-refractivity contribution in [2.45, 2.75) is 0 Å². The fourth-order valence-electron chi connectivity index (χ4n) is 1.33. The zero-order valence-electron chi connectivity index (χ0n) is 10.0. The maximum absolute atomic E-state index is 11.7. The maximum atomic E-state index is 11.7. The number of terminal acetylenes is 1. The molecule has 1 aromatic carbocycles. The molecule has 1 rings (SSSR count). The molecule has 0 atom stereocenters. The van der Waals surface area contributed by atoms with Gasteiger partial charge >= 0.3 is 5.97 Å². The molecule has 0 unspecified atom stereocenters. The molecule has 0 aliphatic heterocycles. The zero-order valence-corrected chi connectivity index (χ0v) is 10.0. The molecule has 0 aromatic heterocycles. The van der Waals surface area contributed by atoms with Crippen LogP contribution in [-0.2, 0) is 4.79 Å². The minimum Gasteiger partial charge on any atom is -0.478 e. The molecule has 5 nitrogen and oxygen atoms in total. The van der Waals surface area contributed by atoms with Gasteiger partial charge in [-0.15, -0.1) is 6.42 Å². The highest BCUT2D eigenvalue weighted by Crippen LogP contribution is 2.13. The largest absolute Gasteiger partial charge is 0.478 e. The molecule has 0 bridgehead atoms. The number of carbonyl (C=O) groups is 2. The van der Waals surface area contributed by atoms with E-state index in [-0.39, 0.29) is 18.0 Å². The van der Waals surface area contributed by atoms with Gasteiger partial charge in [0.25, 0.3) is 0 Å². The Kier molecular flexibility index (Phi) is 4.90. The van der Waals surface area contributed by atoms with E-state index < -0.39 is 5.97 Å². The summed E-state index contributed by atoms with van der Waals surface area (Å²) in [6.45, 7) is 0.471. The average Bonchev–Trinajstić information content (AvgIpc) is 2.38. The summed E-state index contributed by atoms with van der Waals surface area (Å²) >= 11 is 0. The smallest absolute Gasteiger partial charge is 0.335 e. The minimum atomic E-state index is -0.994. The van der Waals surface area contributed by atoms with Crippen molar-refractivity contribution in [1.82, 2.24) is 5.32 Å². The SMILES string of the molecule is C#CCNCC(=O)N(C)c1ccc(C(=O)O)cc1. The van der Waals surface area contributed by atoms with Gasteiger partial charge in [-0.2, -0.15) is 0 Å². The highest BCUT2D eigenvalue weighted by Gasteiger charge is 2.10. The van der Waals surface area contributed by atoms with E-state index >= 15 is 0 Å². The number of aromatic carboxylic acids is 1. The Balaban J connectivity index is 2.66. The Morgan fingerprint density at radius 1 is 1.39 bits per heavy atom. The number of rotatable bonds is 5. The van der Waals surface area contributed by atoms with E-state index in [9.17, 15) is 9.59 Å². The Bertz CT molecular complexity index is 474. The third-order valence-corrected chi connectivity index (χ3v) is 2.38. The molecule has 0 saturated carbocycles. The van der Waals surface area contributed by atoms with Gasteiger partial charge in [-0.25, -0.2) is 4.79 Å². The monoisotopic (exact) mass is 246 g/mol. The lowest BCUT2D eigenvalue weighted by Gasteiger charge is -2.17. The quantitative estimate of drug-likeness (QED) is 0.588. The Morgan fingerprint density at radius 3 is 2.50 bits per heavy atom. The fraction of sp³-hybridized carbons (Fsp3) is 0.231. The number of benzene rings is 1. The van der Waals surface area contributed by atoms with Crippen LogP contribution in [0.15, 0.2) is 24.3 Å². The standard InChI is InChI=1S/C13H14N2O3/c1-3-8-14-9-12(16)15(2)11-6-4-10(5-7-11)13(17)18/h1,4-7,14H,8-9H2,2H3,(H,17,18). The molecule has 2 N–H and O–H groups in total. The summed E-state index contributed by atoms with van der Waals surface area (Å²) in [5, 5.41) is 11.6. The lowest BCUT2D eigenvalue weighted by Crippen LogP contribution is -2.35. The molecule has 0 aliphatic rings. The zero-order chi connectivity index (χ0) is 13.5. The summed E-state index contributed by atoms with van der Waals surface area (Å²) in [5.41, 5.74) is 0.817. The normalized spacial score (nSPS) is 9.56. The van der Waals surface area contributed by atoms with Crippen LogP contribution in [0.2, 0.25) is 0 Å². The predicted octanol–water partition coefficient (Wildman–Crippen LogP) is 0.570. The average molecular weight is 246 g/mol. The molecule has 0 spiro atoms. The van der Waals surface area contributed by atoms with Gasteiger partial charge in [-0.05, 0) is 24.3 Å². The maximum Gasteiger partial charge on any atom is 0.335 e. The van der Waals surface area contributed by atoms with Crippen LogP contribution in [0.4, 0.5) is 5.69 Å². The number of anilines is 1. The molecule has 18 heavy (non-hydrogen) atoms. The van der Waals surface area contributed by atoms with Crippen LogP contribution < -0.4 is 10.2 Å². The predicted molar refractivity (Wildman–Crippen MR) is 68.5 cm³/mol. The van der Waals surface area contributed by atoms with Crippen LogP contribution >= 0.6 is 0 Å². The van der Waals surface area contributed by atoms with Gasteiger partial charge in [0.1, 0.15) is 0 Å². The third kappa shape index (κ3) is 3.61. The topological polar surface area (TPSA) is 69.6 Å². The number of nitrogens with zero attached hydrogens (tertiary/aromatic N) is 1. The first kappa shape index (κ1) is 13.7. The van der Waals surface area contributed by atoms with E-state index in [0.717, 1.165) is 0 Å². The van der Waals surface area contributed by atoms with Crippen LogP contribution in [0.25, 0.3) is 0 Å². The van der Waals surface area contributed by atoms with Crippen molar-refractivity contribution in [3.63, 3.8) is 0 Å². The fourth-order valence-corrected chi connectivity index (χ4v) is 1.33. The summed E-state index contributed by atoms with van der Waals surface area (Å²) in [7, 11) is 1.62. The molecule has 0 fully saturated rings. The van der Waals surface area contributed by atoms with Gasteiger partial charge < -0.3 is 10.0 Å². The van der Waals surface area contributed by atoms with Crippen LogP contribution in [0.3, 0.4) is 0 Å². The molecule has 0 heterocycles. The van der Waals surface area contributed by atoms with Crippen molar-refractivity contribution in [2.24, 2.45) is 0 Å². The van der Waals surface area contributed by atoms with Crippen molar-refractivity contribution >= 4 is 17.6 Å². The van der Waals surface area contributed by atoms with Crippen LogP contribution in [0.5, 0.6) is 0 Å². The molecular formula is C13H14N2O3. The van der Waals surface area contributed by atoms with Crippen LogP contribution in [0.1, 0.15) is 10.4 Å². The molecule has 0 saturated heterocycles. The number of carboxylic acids is 1. The molecule has 5 heteroatoms. The van der Waals surface area contributed by atoms with Gasteiger partial charge in [0.05, 0.1) is 18.7 Å². The number of hydrogen-bond donors (Lipinski definition) is 2. The highest BCUT2D eigenvalue weighted by molar-refractivity contribution is 5.95. The number of nitrogens with one attached hydrogen (secondary N) is 1. The van der Waals surface area contributed by atoms with E-state index in [4.69, 9.17) is 11.5 Å². The molecule has 0 radical (unpaired) electrons. The summed E-state index contributed by atoms with van der Waals surface area (Å²) in [6, 6.07) is 6.08. The first-order chi connectivity index (χ1) is 8.56. The summed E-state index contributed by atoms with van der Waals surface area (Å²) in [4.78, 5) is 23.8. The van der Waals surface area contributed by atoms with Gasteiger partial charge in [0, 0.05) is 12.7 Å². The summed E-state index contributed by atoms with van der Waals surface area (Å²) in [6.07, 6.45) is 5.05. The summed E-state index contributed by atoms with van der Waals surface area (Å²) in [5.74, 6) is 1.24. The van der Waals surface area contributed by atoms with E-state index in [1.54, 1.807) is 19.2 Å². The number of amides is 1. The minimum absolute atomic E-state index is 0.140. The van der Waals surface area contributed by atoms with Crippen molar-refractivity contribution in [1.29, 1.82) is 0 Å². The van der Waals surface area contributed by atoms with Gasteiger partial charge in [0.2, 0.25) is 5.91 Å². The van der Waals surface area contributed by atoms with Crippen LogP contribution in [0, 0.1) is 12.3 Å². The van der Waals surface area contributed by atoms with Gasteiger partial charge in [0.15, 0.2) is 0 Å². The molecule has 94 valence electrons. The van der Waals surface area contributed by atoms with E-state index in [1.807, 2.05) is 0 Å². The summed E-state index contributed by atoms with van der Waals surface area (Å²) < 4.78 is 0. The lowest BCUT2D eigenvalue weighted by molar-refractivity contribution is -0.117. The first-order valence-corrected chi connectivity index (χ1v) is 5.30. The van der Waals surface area contributed by atoms with Gasteiger partial charge in [-0.3, -0.25) is 10.1 Å². The molecule has 0 aliphatic carbocycles. The van der Waals surface area contributed by atoms with E-state index in [0.29, 0.717) is 12.2 Å². The second kappa shape index (κ2) is 6.42. The second-order valence-electron chi connectivity index (χ2n) is 3.61. The Morgan fingerprint density at radius 2 is 2.00 bits per heavy atom. The van der Waals surface area contributed by atoms with Crippen molar-refractivity contribution < 1.29 is 14.7 Å². The number of carboxylic acid groups (broad SMARTS) is 1. The van der Waals surface area contributed by atoms with Crippen molar-refractivity contribution in [3.05, 3.63) is 29.8 Å². The lowest BCUT2D eigenvalue weighted by atomic mass is 10.2. The second-order valence-corrected chi connectivity index (χ2v) is 3.61. The Labute approximate surface area is 105 Å². The molecule has 1 aromatic rings.